The summed E-state index contributed by atoms with van der Waals surface area (Å²) in [6.07, 6.45) is 2.91. The molecule has 0 aliphatic rings. The van der Waals surface area contributed by atoms with Crippen molar-refractivity contribution in [2.24, 2.45) is 0 Å². The quantitative estimate of drug-likeness (QED) is 0.639. The van der Waals surface area contributed by atoms with Crippen LogP contribution in [0.1, 0.15) is 20.7 Å². The first-order chi connectivity index (χ1) is 8.59. The Bertz CT molecular complexity index is 612. The van der Waals surface area contributed by atoms with Gasteiger partial charge in [0.15, 0.2) is 0 Å². The van der Waals surface area contributed by atoms with Crippen molar-refractivity contribution >= 4 is 34.8 Å². The van der Waals surface area contributed by atoms with Gasteiger partial charge in [-0.15, -0.1) is 0 Å². The number of carbonyl (C=O) groups is 2. The Balaban J connectivity index is 2.32. The topological polar surface area (TPSA) is 47.0 Å². The summed E-state index contributed by atoms with van der Waals surface area (Å²) in [4.78, 5) is 27.6. The molecule has 0 radical (unpaired) electrons. The van der Waals surface area contributed by atoms with Gasteiger partial charge in [0.2, 0.25) is 11.6 Å². The fraction of sp³-hybridized carbons (Fsp3) is 0. The lowest BCUT2D eigenvalue weighted by Crippen LogP contribution is -2.14. The highest BCUT2D eigenvalue weighted by Gasteiger charge is 2.18. The fourth-order valence-corrected chi connectivity index (χ4v) is 1.70. The van der Waals surface area contributed by atoms with Crippen LogP contribution in [-0.4, -0.2) is 16.6 Å². The molecule has 0 bridgehead atoms. The highest BCUT2D eigenvalue weighted by molar-refractivity contribution is 6.50. The van der Waals surface area contributed by atoms with Gasteiger partial charge in [0, 0.05) is 23.5 Å². The van der Waals surface area contributed by atoms with Crippen molar-refractivity contribution in [3.63, 3.8) is 0 Å². The van der Waals surface area contributed by atoms with Gasteiger partial charge in [-0.2, -0.15) is 0 Å². The van der Waals surface area contributed by atoms with Crippen LogP contribution in [0.25, 0.3) is 0 Å². The van der Waals surface area contributed by atoms with Gasteiger partial charge in [-0.3, -0.25) is 14.6 Å². The molecule has 0 N–H and O–H groups in total. The van der Waals surface area contributed by atoms with Gasteiger partial charge in [-0.1, -0.05) is 23.2 Å². The summed E-state index contributed by atoms with van der Waals surface area (Å²) in [5.41, 5.74) is 0.507. The van der Waals surface area contributed by atoms with Gasteiger partial charge < -0.3 is 0 Å². The van der Waals surface area contributed by atoms with Crippen LogP contribution in [-0.2, 0) is 0 Å². The van der Waals surface area contributed by atoms with Crippen molar-refractivity contribution in [3.8, 4) is 0 Å². The normalized spacial score (nSPS) is 10.1. The van der Waals surface area contributed by atoms with Gasteiger partial charge in [0.25, 0.3) is 0 Å². The number of rotatable bonds is 3. The summed E-state index contributed by atoms with van der Waals surface area (Å²) in [6.45, 7) is 0. The number of benzene rings is 1. The SMILES string of the molecule is O=C(C(=O)c1ccc(Cl)c(Cl)c1)c1ccncc1. The molecule has 18 heavy (non-hydrogen) atoms. The molecule has 0 atom stereocenters. The summed E-state index contributed by atoms with van der Waals surface area (Å²) in [5, 5.41) is 0.578. The Kier molecular flexibility index (Phi) is 3.75. The van der Waals surface area contributed by atoms with Crippen LogP contribution < -0.4 is 0 Å². The summed E-state index contributed by atoms with van der Waals surface area (Å²) in [6, 6.07) is 7.30. The molecular formula is C13H7Cl2NO2. The van der Waals surface area contributed by atoms with E-state index in [9.17, 15) is 9.59 Å². The zero-order chi connectivity index (χ0) is 13.1. The van der Waals surface area contributed by atoms with Crippen LogP contribution >= 0.6 is 23.2 Å². The molecule has 2 aromatic rings. The van der Waals surface area contributed by atoms with Crippen LogP contribution in [0.15, 0.2) is 42.7 Å². The van der Waals surface area contributed by atoms with E-state index in [0.717, 1.165) is 0 Å². The molecular weight excluding hydrogens is 273 g/mol. The maximum absolute atomic E-state index is 11.9. The van der Waals surface area contributed by atoms with Gasteiger partial charge in [0.1, 0.15) is 0 Å². The Morgan fingerprint density at radius 2 is 1.44 bits per heavy atom. The third-order valence-electron chi connectivity index (χ3n) is 2.33. The van der Waals surface area contributed by atoms with E-state index in [1.165, 1.54) is 42.7 Å². The second kappa shape index (κ2) is 5.29. The standard InChI is InChI=1S/C13H7Cl2NO2/c14-10-2-1-9(7-11(10)15)13(18)12(17)8-3-5-16-6-4-8/h1-7H. The molecule has 90 valence electrons. The molecule has 2 rings (SSSR count). The molecule has 0 aliphatic carbocycles. The molecule has 0 saturated carbocycles. The molecule has 0 unspecified atom stereocenters. The highest BCUT2D eigenvalue weighted by atomic mass is 35.5. The third kappa shape index (κ3) is 2.58. The lowest BCUT2D eigenvalue weighted by Gasteiger charge is -2.02. The minimum atomic E-state index is -0.625. The molecule has 1 aromatic heterocycles. The summed E-state index contributed by atoms with van der Waals surface area (Å²) in [5.74, 6) is -1.23. The van der Waals surface area contributed by atoms with Crippen molar-refractivity contribution in [2.45, 2.75) is 0 Å². The number of ketones is 2. The van der Waals surface area contributed by atoms with E-state index >= 15 is 0 Å². The molecule has 0 spiro atoms. The smallest absolute Gasteiger partial charge is 0.233 e. The van der Waals surface area contributed by atoms with Crippen LogP contribution in [0.2, 0.25) is 10.0 Å². The second-order valence-electron chi connectivity index (χ2n) is 3.52. The number of pyridine rings is 1. The molecule has 5 heteroatoms. The highest BCUT2D eigenvalue weighted by Crippen LogP contribution is 2.23. The van der Waals surface area contributed by atoms with Gasteiger partial charge in [-0.05, 0) is 30.3 Å². The predicted molar refractivity (Wildman–Crippen MR) is 69.4 cm³/mol. The number of nitrogens with zero attached hydrogens (tertiary/aromatic N) is 1. The molecule has 0 fully saturated rings. The Hall–Kier alpha value is -1.71. The lowest BCUT2D eigenvalue weighted by molar-refractivity contribution is 0.0817. The monoisotopic (exact) mass is 279 g/mol. The van der Waals surface area contributed by atoms with Crippen molar-refractivity contribution in [3.05, 3.63) is 63.9 Å². The molecule has 1 heterocycles. The van der Waals surface area contributed by atoms with Crippen LogP contribution in [0.3, 0.4) is 0 Å². The Morgan fingerprint density at radius 3 is 2.06 bits per heavy atom. The molecule has 0 amide bonds. The van der Waals surface area contributed by atoms with Crippen LogP contribution in [0, 0.1) is 0 Å². The van der Waals surface area contributed by atoms with E-state index in [0.29, 0.717) is 10.6 Å². The van der Waals surface area contributed by atoms with E-state index in [4.69, 9.17) is 23.2 Å². The van der Waals surface area contributed by atoms with E-state index in [1.807, 2.05) is 0 Å². The van der Waals surface area contributed by atoms with Gasteiger partial charge in [-0.25, -0.2) is 0 Å². The van der Waals surface area contributed by atoms with E-state index < -0.39 is 11.6 Å². The average molecular weight is 280 g/mol. The van der Waals surface area contributed by atoms with Crippen molar-refractivity contribution in [2.75, 3.05) is 0 Å². The first kappa shape index (κ1) is 12.7. The molecule has 1 aromatic carbocycles. The number of aromatic nitrogens is 1. The largest absolute Gasteiger partial charge is 0.285 e. The summed E-state index contributed by atoms with van der Waals surface area (Å²) >= 11 is 11.5. The molecule has 0 aliphatic heterocycles. The number of Topliss-reactive ketones (excluding diaryl/α,β-unsaturated/α-hetero) is 2. The minimum Gasteiger partial charge on any atom is -0.285 e. The third-order valence-corrected chi connectivity index (χ3v) is 3.07. The fourth-order valence-electron chi connectivity index (χ4n) is 1.40. The number of hydrogen-bond donors (Lipinski definition) is 0. The summed E-state index contributed by atoms with van der Waals surface area (Å²) in [7, 11) is 0. The first-order valence-corrected chi connectivity index (χ1v) is 5.79. The first-order valence-electron chi connectivity index (χ1n) is 5.03. The van der Waals surface area contributed by atoms with E-state index in [2.05, 4.69) is 4.98 Å². The lowest BCUT2D eigenvalue weighted by atomic mass is 10.0. The zero-order valence-electron chi connectivity index (χ0n) is 9.06. The van der Waals surface area contributed by atoms with Gasteiger partial charge in [0.05, 0.1) is 10.0 Å². The minimum absolute atomic E-state index is 0.214. The van der Waals surface area contributed by atoms with Crippen LogP contribution in [0.4, 0.5) is 0 Å². The van der Waals surface area contributed by atoms with Crippen LogP contribution in [0.5, 0.6) is 0 Å². The number of carbonyl (C=O) groups excluding carboxylic acids is 2. The van der Waals surface area contributed by atoms with Crippen molar-refractivity contribution < 1.29 is 9.59 Å². The van der Waals surface area contributed by atoms with Crippen molar-refractivity contribution in [1.29, 1.82) is 0 Å². The predicted octanol–water partition coefficient (Wildman–Crippen LogP) is 3.45. The zero-order valence-corrected chi connectivity index (χ0v) is 10.6. The Morgan fingerprint density at radius 1 is 0.833 bits per heavy atom. The molecule has 3 nitrogen and oxygen atoms in total. The van der Waals surface area contributed by atoms with E-state index in [-0.39, 0.29) is 10.6 Å². The Labute approximate surface area is 113 Å². The van der Waals surface area contributed by atoms with Gasteiger partial charge >= 0.3 is 0 Å². The number of halogens is 2. The van der Waals surface area contributed by atoms with E-state index in [1.54, 1.807) is 0 Å². The summed E-state index contributed by atoms with van der Waals surface area (Å²) < 4.78 is 0. The maximum atomic E-state index is 11.9. The average Bonchev–Trinajstić information content (AvgIpc) is 2.41. The number of hydrogen-bond acceptors (Lipinski definition) is 3. The maximum Gasteiger partial charge on any atom is 0.233 e. The van der Waals surface area contributed by atoms with Crippen molar-refractivity contribution in [1.82, 2.24) is 4.98 Å². The second-order valence-corrected chi connectivity index (χ2v) is 4.34. The molecule has 0 saturated heterocycles.